The van der Waals surface area contributed by atoms with E-state index in [0.717, 1.165) is 22.8 Å². The quantitative estimate of drug-likeness (QED) is 0.667. The molecule has 0 aliphatic carbocycles. The van der Waals surface area contributed by atoms with Gasteiger partial charge < -0.3 is 5.32 Å². The van der Waals surface area contributed by atoms with Gasteiger partial charge in [-0.2, -0.15) is 0 Å². The summed E-state index contributed by atoms with van der Waals surface area (Å²) in [6.45, 7) is 6.81. The van der Waals surface area contributed by atoms with Gasteiger partial charge in [0.1, 0.15) is 16.2 Å². The number of hydrogen-bond acceptors (Lipinski definition) is 3. The number of aryl methyl sites for hydroxylation is 1. The van der Waals surface area contributed by atoms with Gasteiger partial charge in [-0.3, -0.25) is 0 Å². The highest BCUT2D eigenvalue weighted by Gasteiger charge is 1.97. The summed E-state index contributed by atoms with van der Waals surface area (Å²) in [5.41, 5.74) is 1.29. The third kappa shape index (κ3) is 3.87. The second-order valence-corrected chi connectivity index (χ2v) is 4.10. The zero-order valence-electron chi connectivity index (χ0n) is 8.63. The van der Waals surface area contributed by atoms with Gasteiger partial charge in [0, 0.05) is 12.6 Å². The van der Waals surface area contributed by atoms with Crippen LogP contribution < -0.4 is 5.32 Å². The number of nitrogens with zero attached hydrogens (tertiary/aromatic N) is 2. The third-order valence-electron chi connectivity index (χ3n) is 1.60. The maximum Gasteiger partial charge on any atom is 0.131 e. The van der Waals surface area contributed by atoms with Gasteiger partial charge in [0.05, 0.1) is 0 Å². The normalized spacial score (nSPS) is 9.71. The molecule has 1 N–H and O–H groups in total. The van der Waals surface area contributed by atoms with Crippen LogP contribution in [-0.4, -0.2) is 16.5 Å². The van der Waals surface area contributed by atoms with Crippen molar-refractivity contribution in [3.63, 3.8) is 0 Å². The predicted octanol–water partition coefficient (Wildman–Crippen LogP) is 2.93. The molecular weight excluding hydrogens is 242 g/mol. The summed E-state index contributed by atoms with van der Waals surface area (Å²) in [7, 11) is 0. The first-order valence-electron chi connectivity index (χ1n) is 4.46. The Morgan fingerprint density at radius 2 is 2.21 bits per heavy atom. The molecule has 4 heteroatoms. The molecule has 0 spiro atoms. The van der Waals surface area contributed by atoms with Crippen molar-refractivity contribution in [2.75, 3.05) is 11.9 Å². The Labute approximate surface area is 92.8 Å². The molecule has 1 aromatic heterocycles. The Hall–Kier alpha value is -0.900. The van der Waals surface area contributed by atoms with Crippen LogP contribution in [0.1, 0.15) is 19.7 Å². The number of nitrogens with one attached hydrogen (secondary N) is 1. The molecule has 0 fully saturated rings. The van der Waals surface area contributed by atoms with Crippen molar-refractivity contribution < 1.29 is 0 Å². The molecule has 0 aliphatic rings. The number of allylic oxidation sites excluding steroid dienone is 1. The first-order chi connectivity index (χ1) is 6.58. The maximum atomic E-state index is 4.25. The largest absolute Gasteiger partial charge is 0.366 e. The highest BCUT2D eigenvalue weighted by Crippen LogP contribution is 2.11. The summed E-state index contributed by atoms with van der Waals surface area (Å²) >= 11 is 3.33. The van der Waals surface area contributed by atoms with Crippen LogP contribution in [0.5, 0.6) is 0 Å². The number of anilines is 1. The molecule has 1 aromatic rings. The lowest BCUT2D eigenvalue weighted by atomic mass is 10.3. The van der Waals surface area contributed by atoms with E-state index in [4.69, 9.17) is 0 Å². The number of rotatable bonds is 3. The minimum Gasteiger partial charge on any atom is -0.366 e. The number of hydrogen-bond donors (Lipinski definition) is 1. The lowest BCUT2D eigenvalue weighted by Crippen LogP contribution is -2.02. The van der Waals surface area contributed by atoms with Gasteiger partial charge in [0.15, 0.2) is 0 Å². The first-order valence-corrected chi connectivity index (χ1v) is 5.25. The lowest BCUT2D eigenvalue weighted by Gasteiger charge is -2.03. The molecule has 1 heterocycles. The summed E-state index contributed by atoms with van der Waals surface area (Å²) < 4.78 is 0.810. The molecule has 3 nitrogen and oxygen atoms in total. The van der Waals surface area contributed by atoms with Crippen LogP contribution in [0.25, 0.3) is 0 Å². The van der Waals surface area contributed by atoms with Crippen molar-refractivity contribution in [1.82, 2.24) is 9.97 Å². The Bertz CT molecular complexity index is 323. The SMILES string of the molecule is CC(C)=CCNc1cc(Br)nc(C)n1. The molecular formula is C10H14BrN3. The highest BCUT2D eigenvalue weighted by molar-refractivity contribution is 9.10. The summed E-state index contributed by atoms with van der Waals surface area (Å²) in [5.74, 6) is 1.61. The van der Waals surface area contributed by atoms with Gasteiger partial charge in [0.25, 0.3) is 0 Å². The van der Waals surface area contributed by atoms with Crippen LogP contribution in [-0.2, 0) is 0 Å². The van der Waals surface area contributed by atoms with Crippen LogP contribution in [0.3, 0.4) is 0 Å². The lowest BCUT2D eigenvalue weighted by molar-refractivity contribution is 1.02. The van der Waals surface area contributed by atoms with Crippen LogP contribution in [0.15, 0.2) is 22.3 Å². The highest BCUT2D eigenvalue weighted by atomic mass is 79.9. The van der Waals surface area contributed by atoms with E-state index in [-0.39, 0.29) is 0 Å². The van der Waals surface area contributed by atoms with Gasteiger partial charge in [-0.15, -0.1) is 0 Å². The molecule has 0 unspecified atom stereocenters. The topological polar surface area (TPSA) is 37.8 Å². The summed E-state index contributed by atoms with van der Waals surface area (Å²) in [4.78, 5) is 8.38. The summed E-state index contributed by atoms with van der Waals surface area (Å²) in [5, 5.41) is 3.20. The van der Waals surface area contributed by atoms with Crippen molar-refractivity contribution in [2.45, 2.75) is 20.8 Å². The van der Waals surface area contributed by atoms with E-state index in [9.17, 15) is 0 Å². The molecule has 0 radical (unpaired) electrons. The van der Waals surface area contributed by atoms with Gasteiger partial charge in [-0.1, -0.05) is 11.6 Å². The Morgan fingerprint density at radius 3 is 2.79 bits per heavy atom. The monoisotopic (exact) mass is 255 g/mol. The van der Waals surface area contributed by atoms with E-state index >= 15 is 0 Å². The van der Waals surface area contributed by atoms with Crippen molar-refractivity contribution in [1.29, 1.82) is 0 Å². The van der Waals surface area contributed by atoms with E-state index in [1.807, 2.05) is 13.0 Å². The van der Waals surface area contributed by atoms with Crippen LogP contribution in [0.2, 0.25) is 0 Å². The molecule has 0 bridgehead atoms. The average molecular weight is 256 g/mol. The van der Waals surface area contributed by atoms with E-state index < -0.39 is 0 Å². The van der Waals surface area contributed by atoms with E-state index in [1.54, 1.807) is 0 Å². The molecule has 0 saturated heterocycles. The van der Waals surface area contributed by atoms with Crippen molar-refractivity contribution in [2.24, 2.45) is 0 Å². The number of halogens is 1. The maximum absolute atomic E-state index is 4.25. The molecule has 76 valence electrons. The Morgan fingerprint density at radius 1 is 1.50 bits per heavy atom. The molecule has 0 amide bonds. The molecule has 0 atom stereocenters. The van der Waals surface area contributed by atoms with Crippen LogP contribution in [0.4, 0.5) is 5.82 Å². The standard InChI is InChI=1S/C10H14BrN3/c1-7(2)4-5-12-10-6-9(11)13-8(3)14-10/h4,6H,5H2,1-3H3,(H,12,13,14). The second-order valence-electron chi connectivity index (χ2n) is 3.29. The Balaban J connectivity index is 2.63. The van der Waals surface area contributed by atoms with Crippen molar-refractivity contribution in [3.05, 3.63) is 28.1 Å². The fourth-order valence-corrected chi connectivity index (χ4v) is 1.45. The summed E-state index contributed by atoms with van der Waals surface area (Å²) in [6, 6.07) is 1.87. The third-order valence-corrected chi connectivity index (χ3v) is 2.01. The average Bonchev–Trinajstić information content (AvgIpc) is 2.01. The fourth-order valence-electron chi connectivity index (χ4n) is 0.982. The van der Waals surface area contributed by atoms with Crippen LogP contribution in [0, 0.1) is 6.92 Å². The van der Waals surface area contributed by atoms with E-state index in [1.165, 1.54) is 5.57 Å². The smallest absolute Gasteiger partial charge is 0.131 e. The van der Waals surface area contributed by atoms with Crippen molar-refractivity contribution >= 4 is 21.7 Å². The first kappa shape index (κ1) is 11.2. The molecule has 0 aromatic carbocycles. The zero-order valence-corrected chi connectivity index (χ0v) is 10.2. The second kappa shape index (κ2) is 5.10. The fraction of sp³-hybridized carbons (Fsp3) is 0.400. The van der Waals surface area contributed by atoms with Gasteiger partial charge in [-0.05, 0) is 36.7 Å². The van der Waals surface area contributed by atoms with Crippen LogP contribution >= 0.6 is 15.9 Å². The minimum absolute atomic E-state index is 0.763. The molecule has 0 saturated carbocycles. The van der Waals surface area contributed by atoms with E-state index in [2.05, 4.69) is 51.1 Å². The van der Waals surface area contributed by atoms with Crippen molar-refractivity contribution in [3.8, 4) is 0 Å². The molecule has 0 aliphatic heterocycles. The van der Waals surface area contributed by atoms with Gasteiger partial charge in [-0.25, -0.2) is 9.97 Å². The van der Waals surface area contributed by atoms with Gasteiger partial charge >= 0.3 is 0 Å². The Kier molecular flexibility index (Phi) is 4.07. The zero-order chi connectivity index (χ0) is 10.6. The summed E-state index contributed by atoms with van der Waals surface area (Å²) in [6.07, 6.45) is 2.12. The van der Waals surface area contributed by atoms with E-state index in [0.29, 0.717) is 0 Å². The predicted molar refractivity (Wildman–Crippen MR) is 62.4 cm³/mol. The number of aromatic nitrogens is 2. The minimum atomic E-state index is 0.763. The van der Waals surface area contributed by atoms with Gasteiger partial charge in [0.2, 0.25) is 0 Å². The molecule has 1 rings (SSSR count). The molecule has 14 heavy (non-hydrogen) atoms.